The number of halogens is 2. The number of nitrogens with zero attached hydrogens (tertiary/aromatic N) is 2. The molecule has 1 amide bonds. The van der Waals surface area contributed by atoms with E-state index in [1.807, 2.05) is 24.3 Å². The maximum Gasteiger partial charge on any atom is 0.254 e. The molecule has 0 fully saturated rings. The zero-order valence-corrected chi connectivity index (χ0v) is 12.4. The maximum absolute atomic E-state index is 12.0. The van der Waals surface area contributed by atoms with Gasteiger partial charge in [0.15, 0.2) is 10.3 Å². The molecule has 1 heterocycles. The van der Waals surface area contributed by atoms with Crippen LogP contribution in [0.15, 0.2) is 30.3 Å². The van der Waals surface area contributed by atoms with E-state index in [0.29, 0.717) is 6.54 Å². The Bertz CT molecular complexity index is 614. The van der Waals surface area contributed by atoms with Gasteiger partial charge in [-0.05, 0) is 23.6 Å². The molecule has 0 aliphatic heterocycles. The summed E-state index contributed by atoms with van der Waals surface area (Å²) >= 11 is 11.5. The molecule has 0 atom stereocenters. The number of nitrogens with one attached hydrogen (secondary N) is 1. The fourth-order valence-electron chi connectivity index (χ4n) is 1.68. The van der Waals surface area contributed by atoms with Gasteiger partial charge in [0.05, 0.1) is 5.56 Å². The van der Waals surface area contributed by atoms with E-state index in [2.05, 4.69) is 22.4 Å². The van der Waals surface area contributed by atoms with E-state index in [-0.39, 0.29) is 21.8 Å². The standard InChI is InChI=1S/C14H13Cl2N3O/c1-2-9-3-5-10(6-4-9)8-17-14(20)11-7-12(15)18-19-13(11)16/h3-7H,2,8H2,1H3,(H,17,20). The van der Waals surface area contributed by atoms with Crippen molar-refractivity contribution in [3.05, 3.63) is 57.3 Å². The molecule has 0 aliphatic rings. The molecule has 2 rings (SSSR count). The van der Waals surface area contributed by atoms with Gasteiger partial charge in [0.1, 0.15) is 0 Å². The van der Waals surface area contributed by atoms with Gasteiger partial charge >= 0.3 is 0 Å². The Labute approximate surface area is 127 Å². The van der Waals surface area contributed by atoms with E-state index in [1.165, 1.54) is 11.6 Å². The van der Waals surface area contributed by atoms with Crippen LogP contribution in [0, 0.1) is 0 Å². The monoisotopic (exact) mass is 309 g/mol. The second-order valence-electron chi connectivity index (χ2n) is 4.22. The number of rotatable bonds is 4. The Morgan fingerprint density at radius 2 is 1.80 bits per heavy atom. The predicted molar refractivity (Wildman–Crippen MR) is 79.0 cm³/mol. The highest BCUT2D eigenvalue weighted by molar-refractivity contribution is 6.34. The van der Waals surface area contributed by atoms with Crippen molar-refractivity contribution in [3.8, 4) is 0 Å². The quantitative estimate of drug-likeness (QED) is 0.943. The molecule has 0 saturated carbocycles. The van der Waals surface area contributed by atoms with Crippen molar-refractivity contribution in [1.82, 2.24) is 15.5 Å². The Kier molecular flexibility index (Phi) is 4.93. The number of aryl methyl sites for hydroxylation is 1. The van der Waals surface area contributed by atoms with Gasteiger partial charge in [-0.3, -0.25) is 4.79 Å². The Hall–Kier alpha value is -1.65. The number of carbonyl (C=O) groups is 1. The SMILES string of the molecule is CCc1ccc(CNC(=O)c2cc(Cl)nnc2Cl)cc1. The third kappa shape index (κ3) is 3.68. The Balaban J connectivity index is 2.02. The van der Waals surface area contributed by atoms with Gasteiger partial charge in [0, 0.05) is 6.54 Å². The van der Waals surface area contributed by atoms with Crippen molar-refractivity contribution in [2.45, 2.75) is 19.9 Å². The lowest BCUT2D eigenvalue weighted by atomic mass is 10.1. The lowest BCUT2D eigenvalue weighted by Gasteiger charge is -2.07. The van der Waals surface area contributed by atoms with Crippen LogP contribution in [0.1, 0.15) is 28.4 Å². The largest absolute Gasteiger partial charge is 0.348 e. The van der Waals surface area contributed by atoms with Gasteiger partial charge < -0.3 is 5.32 Å². The summed E-state index contributed by atoms with van der Waals surface area (Å²) in [5.74, 6) is -0.327. The molecule has 0 saturated heterocycles. The third-order valence-electron chi connectivity index (χ3n) is 2.85. The molecule has 0 bridgehead atoms. The molecular weight excluding hydrogens is 297 g/mol. The van der Waals surface area contributed by atoms with Crippen LogP contribution in [0.25, 0.3) is 0 Å². The molecule has 6 heteroatoms. The highest BCUT2D eigenvalue weighted by atomic mass is 35.5. The highest BCUT2D eigenvalue weighted by Crippen LogP contribution is 2.15. The zero-order chi connectivity index (χ0) is 14.5. The topological polar surface area (TPSA) is 54.9 Å². The fraction of sp³-hybridized carbons (Fsp3) is 0.214. The lowest BCUT2D eigenvalue weighted by molar-refractivity contribution is 0.0950. The molecular formula is C14H13Cl2N3O. The van der Waals surface area contributed by atoms with Crippen molar-refractivity contribution >= 4 is 29.1 Å². The van der Waals surface area contributed by atoms with E-state index in [9.17, 15) is 4.79 Å². The molecule has 1 aromatic heterocycles. The van der Waals surface area contributed by atoms with E-state index < -0.39 is 0 Å². The number of aromatic nitrogens is 2. The first kappa shape index (κ1) is 14.8. The molecule has 20 heavy (non-hydrogen) atoms. The summed E-state index contributed by atoms with van der Waals surface area (Å²) in [5, 5.41) is 10.1. The number of hydrogen-bond donors (Lipinski definition) is 1. The van der Waals surface area contributed by atoms with Crippen molar-refractivity contribution < 1.29 is 4.79 Å². The normalized spacial score (nSPS) is 10.3. The number of hydrogen-bond acceptors (Lipinski definition) is 3. The molecule has 4 nitrogen and oxygen atoms in total. The van der Waals surface area contributed by atoms with Crippen molar-refractivity contribution in [3.63, 3.8) is 0 Å². The average Bonchev–Trinajstić information content (AvgIpc) is 2.47. The zero-order valence-electron chi connectivity index (χ0n) is 10.9. The first-order valence-corrected chi connectivity index (χ1v) is 6.90. The van der Waals surface area contributed by atoms with E-state index in [4.69, 9.17) is 23.2 Å². The van der Waals surface area contributed by atoms with Crippen LogP contribution >= 0.6 is 23.2 Å². The van der Waals surface area contributed by atoms with Gasteiger partial charge in [-0.25, -0.2) is 0 Å². The molecule has 0 unspecified atom stereocenters. The fourth-order valence-corrected chi connectivity index (χ4v) is 2.01. The number of carbonyl (C=O) groups excluding carboxylic acids is 1. The minimum absolute atomic E-state index is 0.0354. The summed E-state index contributed by atoms with van der Waals surface area (Å²) < 4.78 is 0. The molecule has 2 aromatic rings. The van der Waals surface area contributed by atoms with E-state index in [0.717, 1.165) is 12.0 Å². The van der Waals surface area contributed by atoms with Crippen molar-refractivity contribution in [2.24, 2.45) is 0 Å². The first-order valence-electron chi connectivity index (χ1n) is 6.15. The second-order valence-corrected chi connectivity index (χ2v) is 4.97. The van der Waals surface area contributed by atoms with Crippen LogP contribution in [-0.2, 0) is 13.0 Å². The highest BCUT2D eigenvalue weighted by Gasteiger charge is 2.12. The Morgan fingerprint density at radius 3 is 2.45 bits per heavy atom. The van der Waals surface area contributed by atoms with Crippen molar-refractivity contribution in [2.75, 3.05) is 0 Å². The van der Waals surface area contributed by atoms with Crippen LogP contribution < -0.4 is 5.32 Å². The Morgan fingerprint density at radius 1 is 1.15 bits per heavy atom. The second kappa shape index (κ2) is 6.68. The maximum atomic E-state index is 12.0. The van der Waals surface area contributed by atoms with Crippen LogP contribution in [0.2, 0.25) is 10.3 Å². The smallest absolute Gasteiger partial charge is 0.254 e. The molecule has 0 radical (unpaired) electrons. The molecule has 104 valence electrons. The first-order chi connectivity index (χ1) is 9.60. The summed E-state index contributed by atoms with van der Waals surface area (Å²) in [5.41, 5.74) is 2.49. The van der Waals surface area contributed by atoms with Gasteiger partial charge in [-0.15, -0.1) is 10.2 Å². The minimum Gasteiger partial charge on any atom is -0.348 e. The summed E-state index contributed by atoms with van der Waals surface area (Å²) in [6.07, 6.45) is 0.990. The molecule has 1 aromatic carbocycles. The van der Waals surface area contributed by atoms with Crippen LogP contribution in [0.5, 0.6) is 0 Å². The number of amides is 1. The van der Waals surface area contributed by atoms with Crippen LogP contribution in [-0.4, -0.2) is 16.1 Å². The minimum atomic E-state index is -0.327. The molecule has 0 spiro atoms. The van der Waals surface area contributed by atoms with Gasteiger partial charge in [0.2, 0.25) is 0 Å². The van der Waals surface area contributed by atoms with E-state index in [1.54, 1.807) is 0 Å². The van der Waals surface area contributed by atoms with Gasteiger partial charge in [-0.1, -0.05) is 54.4 Å². The average molecular weight is 310 g/mol. The summed E-state index contributed by atoms with van der Waals surface area (Å²) in [6, 6.07) is 9.45. The van der Waals surface area contributed by atoms with E-state index >= 15 is 0 Å². The van der Waals surface area contributed by atoms with Gasteiger partial charge in [-0.2, -0.15) is 0 Å². The van der Waals surface area contributed by atoms with Crippen molar-refractivity contribution in [1.29, 1.82) is 0 Å². The summed E-state index contributed by atoms with van der Waals surface area (Å²) in [6.45, 7) is 2.51. The molecule has 0 aliphatic carbocycles. The van der Waals surface area contributed by atoms with Gasteiger partial charge in [0.25, 0.3) is 5.91 Å². The molecule has 1 N–H and O–H groups in total. The van der Waals surface area contributed by atoms with Crippen LogP contribution in [0.4, 0.5) is 0 Å². The summed E-state index contributed by atoms with van der Waals surface area (Å²) in [4.78, 5) is 12.0. The summed E-state index contributed by atoms with van der Waals surface area (Å²) in [7, 11) is 0. The predicted octanol–water partition coefficient (Wildman–Crippen LogP) is 3.28. The third-order valence-corrected chi connectivity index (χ3v) is 3.31. The lowest BCUT2D eigenvalue weighted by Crippen LogP contribution is -2.23. The van der Waals surface area contributed by atoms with Crippen LogP contribution in [0.3, 0.4) is 0 Å². The number of benzene rings is 1.